The number of carbonyl (C=O) groups is 2. The molecular formula is C15H20FNO3. The van der Waals surface area contributed by atoms with Crippen molar-refractivity contribution in [2.75, 3.05) is 0 Å². The number of hydrogen-bond acceptors (Lipinski definition) is 2. The van der Waals surface area contributed by atoms with Crippen molar-refractivity contribution >= 4 is 11.9 Å². The largest absolute Gasteiger partial charge is 0.481 e. The fourth-order valence-electron chi connectivity index (χ4n) is 1.91. The Morgan fingerprint density at radius 1 is 1.25 bits per heavy atom. The molecule has 0 aliphatic carbocycles. The summed E-state index contributed by atoms with van der Waals surface area (Å²) in [7, 11) is 0. The molecule has 20 heavy (non-hydrogen) atoms. The number of carboxylic acids is 1. The Morgan fingerprint density at radius 3 is 2.35 bits per heavy atom. The molecule has 0 radical (unpaired) electrons. The molecule has 2 N–H and O–H groups in total. The third-order valence-corrected chi connectivity index (χ3v) is 2.85. The second-order valence-corrected chi connectivity index (χ2v) is 5.20. The molecule has 1 rings (SSSR count). The van der Waals surface area contributed by atoms with Gasteiger partial charge in [-0.2, -0.15) is 0 Å². The first kappa shape index (κ1) is 16.1. The minimum absolute atomic E-state index is 0.0516. The van der Waals surface area contributed by atoms with Crippen LogP contribution in [0.1, 0.15) is 44.7 Å². The highest BCUT2D eigenvalue weighted by Gasteiger charge is 2.16. The van der Waals surface area contributed by atoms with Crippen LogP contribution in [-0.4, -0.2) is 17.0 Å². The van der Waals surface area contributed by atoms with E-state index in [1.54, 1.807) is 12.1 Å². The van der Waals surface area contributed by atoms with E-state index in [0.717, 1.165) is 0 Å². The Bertz CT molecular complexity index is 457. The quantitative estimate of drug-likeness (QED) is 0.807. The number of rotatable bonds is 7. The van der Waals surface area contributed by atoms with Crippen LogP contribution in [0.2, 0.25) is 0 Å². The predicted octanol–water partition coefficient (Wildman–Crippen LogP) is 2.89. The van der Waals surface area contributed by atoms with E-state index in [4.69, 9.17) is 5.11 Å². The molecule has 0 aromatic heterocycles. The molecule has 5 heteroatoms. The highest BCUT2D eigenvalue weighted by molar-refractivity contribution is 5.76. The maximum absolute atomic E-state index is 12.9. The van der Waals surface area contributed by atoms with E-state index in [0.29, 0.717) is 12.0 Å². The Hall–Kier alpha value is -1.91. The third kappa shape index (κ3) is 5.82. The van der Waals surface area contributed by atoms with Gasteiger partial charge in [-0.15, -0.1) is 0 Å². The van der Waals surface area contributed by atoms with Crippen molar-refractivity contribution in [1.29, 1.82) is 0 Å². The molecule has 0 fully saturated rings. The van der Waals surface area contributed by atoms with Gasteiger partial charge in [0.05, 0.1) is 6.04 Å². The third-order valence-electron chi connectivity index (χ3n) is 2.85. The maximum atomic E-state index is 12.9. The summed E-state index contributed by atoms with van der Waals surface area (Å²) in [6, 6.07) is 5.34. The van der Waals surface area contributed by atoms with E-state index in [1.807, 2.05) is 13.8 Å². The van der Waals surface area contributed by atoms with Crippen LogP contribution in [0.5, 0.6) is 0 Å². The van der Waals surface area contributed by atoms with Gasteiger partial charge in [0.1, 0.15) is 5.82 Å². The van der Waals surface area contributed by atoms with Crippen molar-refractivity contribution < 1.29 is 19.1 Å². The lowest BCUT2D eigenvalue weighted by Crippen LogP contribution is -2.29. The molecule has 1 aromatic rings. The van der Waals surface area contributed by atoms with Crippen molar-refractivity contribution in [3.8, 4) is 0 Å². The molecule has 4 nitrogen and oxygen atoms in total. The molecule has 0 bridgehead atoms. The number of amides is 1. The molecule has 0 aliphatic heterocycles. The fourth-order valence-corrected chi connectivity index (χ4v) is 1.91. The van der Waals surface area contributed by atoms with E-state index < -0.39 is 12.0 Å². The highest BCUT2D eigenvalue weighted by Crippen LogP contribution is 2.19. The zero-order valence-electron chi connectivity index (χ0n) is 11.7. The summed E-state index contributed by atoms with van der Waals surface area (Å²) in [5.41, 5.74) is 0.713. The average Bonchev–Trinajstić information content (AvgIpc) is 2.34. The molecule has 1 atom stereocenters. The molecule has 1 aromatic carbocycles. The zero-order valence-corrected chi connectivity index (χ0v) is 11.7. The second kappa shape index (κ2) is 7.62. The standard InChI is InChI=1S/C15H20FNO3/c1-10(2)9-14(18)17-13(7-8-15(19)20)11-3-5-12(16)6-4-11/h3-6,10,13H,7-9H2,1-2H3,(H,17,18)(H,19,20). The summed E-state index contributed by atoms with van der Waals surface area (Å²) in [6.07, 6.45) is 0.611. The van der Waals surface area contributed by atoms with E-state index in [2.05, 4.69) is 5.32 Å². The van der Waals surface area contributed by atoms with Crippen LogP contribution in [0.4, 0.5) is 4.39 Å². The van der Waals surface area contributed by atoms with Gasteiger partial charge in [0, 0.05) is 12.8 Å². The average molecular weight is 281 g/mol. The van der Waals surface area contributed by atoms with Crippen molar-refractivity contribution in [2.45, 2.75) is 39.2 Å². The van der Waals surface area contributed by atoms with Gasteiger partial charge < -0.3 is 10.4 Å². The van der Waals surface area contributed by atoms with E-state index >= 15 is 0 Å². The maximum Gasteiger partial charge on any atom is 0.303 e. The lowest BCUT2D eigenvalue weighted by atomic mass is 10.0. The predicted molar refractivity (Wildman–Crippen MR) is 73.6 cm³/mol. The first-order chi connectivity index (χ1) is 9.38. The topological polar surface area (TPSA) is 66.4 Å². The summed E-state index contributed by atoms with van der Waals surface area (Å²) in [5.74, 6) is -1.18. The van der Waals surface area contributed by atoms with Crippen molar-refractivity contribution in [3.63, 3.8) is 0 Å². The van der Waals surface area contributed by atoms with Crippen molar-refractivity contribution in [3.05, 3.63) is 35.6 Å². The number of carboxylic acid groups (broad SMARTS) is 1. The number of aliphatic carboxylic acids is 1. The second-order valence-electron chi connectivity index (χ2n) is 5.20. The first-order valence-electron chi connectivity index (χ1n) is 6.65. The Morgan fingerprint density at radius 2 is 1.85 bits per heavy atom. The Balaban J connectivity index is 2.76. The summed E-state index contributed by atoms with van der Waals surface area (Å²) < 4.78 is 12.9. The van der Waals surface area contributed by atoms with Crippen LogP contribution >= 0.6 is 0 Å². The number of nitrogens with one attached hydrogen (secondary N) is 1. The minimum atomic E-state index is -0.921. The number of halogens is 1. The van der Waals surface area contributed by atoms with Gasteiger partial charge in [-0.3, -0.25) is 9.59 Å². The Kier molecular flexibility index (Phi) is 6.15. The highest BCUT2D eigenvalue weighted by atomic mass is 19.1. The normalized spacial score (nSPS) is 12.2. The summed E-state index contributed by atoms with van der Waals surface area (Å²) in [5, 5.41) is 11.6. The van der Waals surface area contributed by atoms with Crippen LogP contribution in [0.3, 0.4) is 0 Å². The minimum Gasteiger partial charge on any atom is -0.481 e. The lowest BCUT2D eigenvalue weighted by Gasteiger charge is -2.19. The van der Waals surface area contributed by atoms with Crippen LogP contribution in [0, 0.1) is 11.7 Å². The summed E-state index contributed by atoms with van der Waals surface area (Å²) >= 11 is 0. The van der Waals surface area contributed by atoms with Gasteiger partial charge in [0.2, 0.25) is 5.91 Å². The summed E-state index contributed by atoms with van der Waals surface area (Å²) in [4.78, 5) is 22.5. The number of benzene rings is 1. The van der Waals surface area contributed by atoms with E-state index in [1.165, 1.54) is 12.1 Å². The van der Waals surface area contributed by atoms with Gasteiger partial charge in [0.15, 0.2) is 0 Å². The van der Waals surface area contributed by atoms with E-state index in [-0.39, 0.29) is 30.5 Å². The molecule has 0 heterocycles. The summed E-state index contributed by atoms with van der Waals surface area (Å²) in [6.45, 7) is 3.87. The molecule has 1 amide bonds. The monoisotopic (exact) mass is 281 g/mol. The molecule has 1 unspecified atom stereocenters. The molecule has 0 spiro atoms. The smallest absolute Gasteiger partial charge is 0.303 e. The first-order valence-corrected chi connectivity index (χ1v) is 6.65. The van der Waals surface area contributed by atoms with Gasteiger partial charge in [-0.05, 0) is 30.0 Å². The number of carbonyl (C=O) groups excluding carboxylic acids is 1. The molecule has 0 aliphatic rings. The van der Waals surface area contributed by atoms with Gasteiger partial charge >= 0.3 is 5.97 Å². The molecule has 0 saturated carbocycles. The fraction of sp³-hybridized carbons (Fsp3) is 0.467. The van der Waals surface area contributed by atoms with Crippen molar-refractivity contribution in [2.24, 2.45) is 5.92 Å². The Labute approximate surface area is 118 Å². The van der Waals surface area contributed by atoms with Gasteiger partial charge in [0.25, 0.3) is 0 Å². The zero-order chi connectivity index (χ0) is 15.1. The molecular weight excluding hydrogens is 261 g/mol. The molecule has 110 valence electrons. The molecule has 0 saturated heterocycles. The van der Waals surface area contributed by atoms with Crippen molar-refractivity contribution in [1.82, 2.24) is 5.32 Å². The van der Waals surface area contributed by atoms with E-state index in [9.17, 15) is 14.0 Å². The van der Waals surface area contributed by atoms with Crippen LogP contribution < -0.4 is 5.32 Å². The number of hydrogen-bond donors (Lipinski definition) is 2. The van der Waals surface area contributed by atoms with Crippen LogP contribution in [-0.2, 0) is 9.59 Å². The van der Waals surface area contributed by atoms with Crippen LogP contribution in [0.15, 0.2) is 24.3 Å². The van der Waals surface area contributed by atoms with Gasteiger partial charge in [-0.25, -0.2) is 4.39 Å². The van der Waals surface area contributed by atoms with Crippen LogP contribution in [0.25, 0.3) is 0 Å². The van der Waals surface area contributed by atoms with Gasteiger partial charge in [-0.1, -0.05) is 26.0 Å². The lowest BCUT2D eigenvalue weighted by molar-refractivity contribution is -0.137. The SMILES string of the molecule is CC(C)CC(=O)NC(CCC(=O)O)c1ccc(F)cc1.